The summed E-state index contributed by atoms with van der Waals surface area (Å²) in [6.45, 7) is 0. The van der Waals surface area contributed by atoms with Crippen molar-refractivity contribution in [1.29, 1.82) is 0 Å². The van der Waals surface area contributed by atoms with E-state index in [0.29, 0.717) is 16.7 Å². The molecule has 5 unspecified atom stereocenters. The van der Waals surface area contributed by atoms with Crippen LogP contribution < -0.4 is 0 Å². The van der Waals surface area contributed by atoms with Crippen LogP contribution in [0.1, 0.15) is 44.8 Å². The minimum atomic E-state index is -1.54. The topological polar surface area (TPSA) is 127 Å². The molecule has 0 saturated carbocycles. The predicted octanol–water partition coefficient (Wildman–Crippen LogP) is 0.934. The molecular weight excluding hydrogens is 352 g/mol. The molecule has 7 nitrogen and oxygen atoms in total. The number of carbonyl (C=O) groups is 1. The highest BCUT2D eigenvalue weighted by Gasteiger charge is 2.56. The summed E-state index contributed by atoms with van der Waals surface area (Å²) in [5, 5.41) is 51.5. The van der Waals surface area contributed by atoms with Gasteiger partial charge in [-0.2, -0.15) is 0 Å². The van der Waals surface area contributed by atoms with Gasteiger partial charge in [0.25, 0.3) is 0 Å². The van der Waals surface area contributed by atoms with E-state index in [1.807, 2.05) is 0 Å². The number of aliphatic hydroxyl groups excluding tert-OH is 3. The third-order valence-electron chi connectivity index (χ3n) is 5.70. The van der Waals surface area contributed by atoms with E-state index in [0.717, 1.165) is 0 Å². The van der Waals surface area contributed by atoms with Gasteiger partial charge in [0.15, 0.2) is 5.78 Å². The van der Waals surface area contributed by atoms with E-state index in [9.17, 15) is 30.3 Å². The molecule has 2 aromatic rings. The van der Waals surface area contributed by atoms with E-state index in [-0.39, 0.29) is 28.4 Å². The van der Waals surface area contributed by atoms with Crippen LogP contribution in [0.25, 0.3) is 0 Å². The number of phenols is 2. The van der Waals surface area contributed by atoms with Crippen molar-refractivity contribution in [3.63, 3.8) is 0 Å². The Morgan fingerprint density at radius 1 is 0.889 bits per heavy atom. The van der Waals surface area contributed by atoms with Crippen molar-refractivity contribution in [1.82, 2.24) is 0 Å². The highest BCUT2D eigenvalue weighted by Crippen LogP contribution is 2.58. The zero-order chi connectivity index (χ0) is 19.1. The van der Waals surface area contributed by atoms with Gasteiger partial charge in [-0.25, -0.2) is 0 Å². The van der Waals surface area contributed by atoms with Crippen molar-refractivity contribution in [3.8, 4) is 11.5 Å². The number of ether oxygens (including phenoxy) is 1. The summed E-state index contributed by atoms with van der Waals surface area (Å²) in [6.07, 6.45) is -2.65. The van der Waals surface area contributed by atoms with Gasteiger partial charge in [0.05, 0.1) is 5.56 Å². The lowest BCUT2D eigenvalue weighted by Gasteiger charge is -2.35. The summed E-state index contributed by atoms with van der Waals surface area (Å²) in [5.74, 6) is -0.786. The zero-order valence-electron chi connectivity index (χ0n) is 13.9. The van der Waals surface area contributed by atoms with Crippen LogP contribution in [0.4, 0.5) is 0 Å². The van der Waals surface area contributed by atoms with Gasteiger partial charge < -0.3 is 30.3 Å². The molecule has 2 aromatic carbocycles. The molecule has 1 aliphatic heterocycles. The monoisotopic (exact) mass is 368 g/mol. The number of benzene rings is 2. The van der Waals surface area contributed by atoms with Crippen LogP contribution in [0.3, 0.4) is 0 Å². The van der Waals surface area contributed by atoms with Crippen molar-refractivity contribution < 1.29 is 35.1 Å². The molecule has 0 saturated heterocycles. The van der Waals surface area contributed by atoms with E-state index < -0.39 is 30.0 Å². The standard InChI is InChI=1S/C20H16O7/c21-10-3-1-2-8-13(10)12(23)6-7-20(8)9-4-5-11(22)15-14(9)19(27-20)18(26)17(25)16(15)24/h1-7,16-19,21-22,24-26H. The first-order valence-electron chi connectivity index (χ1n) is 8.51. The Hall–Kier alpha value is -2.71. The summed E-state index contributed by atoms with van der Waals surface area (Å²) in [7, 11) is 0. The van der Waals surface area contributed by atoms with E-state index in [1.54, 1.807) is 18.2 Å². The molecule has 0 radical (unpaired) electrons. The summed E-state index contributed by atoms with van der Waals surface area (Å²) in [5.41, 5.74) is 0.202. The van der Waals surface area contributed by atoms with E-state index >= 15 is 0 Å². The normalized spacial score (nSPS) is 33.2. The van der Waals surface area contributed by atoms with Gasteiger partial charge in [-0.05, 0) is 35.4 Å². The second-order valence-corrected chi connectivity index (χ2v) is 7.06. The zero-order valence-corrected chi connectivity index (χ0v) is 13.9. The van der Waals surface area contributed by atoms with Crippen molar-refractivity contribution >= 4 is 5.78 Å². The van der Waals surface area contributed by atoms with Crippen LogP contribution in [-0.2, 0) is 10.3 Å². The lowest BCUT2D eigenvalue weighted by atomic mass is 9.75. The molecule has 7 heteroatoms. The Morgan fingerprint density at radius 3 is 2.44 bits per heavy atom. The molecular formula is C20H16O7. The number of carbonyl (C=O) groups excluding carboxylic acids is 1. The van der Waals surface area contributed by atoms with Crippen LogP contribution in [0.15, 0.2) is 42.5 Å². The fourth-order valence-electron chi connectivity index (χ4n) is 4.48. The van der Waals surface area contributed by atoms with Crippen LogP contribution in [0, 0.1) is 0 Å². The molecule has 5 atom stereocenters. The smallest absolute Gasteiger partial charge is 0.189 e. The maximum atomic E-state index is 12.3. The number of rotatable bonds is 0. The number of fused-ring (bicyclic) bond motifs is 3. The number of ketones is 1. The summed E-state index contributed by atoms with van der Waals surface area (Å²) in [4.78, 5) is 12.3. The lowest BCUT2D eigenvalue weighted by Crippen LogP contribution is -2.42. The van der Waals surface area contributed by atoms with Crippen molar-refractivity contribution in [2.45, 2.75) is 30.0 Å². The molecule has 5 rings (SSSR count). The molecule has 0 aromatic heterocycles. The first kappa shape index (κ1) is 16.5. The summed E-state index contributed by atoms with van der Waals surface area (Å²) < 4.78 is 6.18. The van der Waals surface area contributed by atoms with Gasteiger partial charge in [0.1, 0.15) is 41.5 Å². The molecule has 0 fully saturated rings. The summed E-state index contributed by atoms with van der Waals surface area (Å²) >= 11 is 0. The van der Waals surface area contributed by atoms with E-state index in [1.165, 1.54) is 24.3 Å². The van der Waals surface area contributed by atoms with Gasteiger partial charge >= 0.3 is 0 Å². The highest BCUT2D eigenvalue weighted by molar-refractivity contribution is 6.09. The fourth-order valence-corrected chi connectivity index (χ4v) is 4.48. The van der Waals surface area contributed by atoms with Crippen LogP contribution in [0.2, 0.25) is 0 Å². The molecule has 1 spiro atoms. The number of aromatic hydroxyl groups is 2. The van der Waals surface area contributed by atoms with E-state index in [4.69, 9.17) is 4.74 Å². The Labute approximate surface area is 153 Å². The fraction of sp³-hybridized carbons (Fsp3) is 0.250. The second-order valence-electron chi connectivity index (χ2n) is 7.06. The molecule has 138 valence electrons. The third-order valence-corrected chi connectivity index (χ3v) is 5.70. The van der Waals surface area contributed by atoms with Gasteiger partial charge in [0, 0.05) is 11.1 Å². The Bertz CT molecular complexity index is 1030. The van der Waals surface area contributed by atoms with Crippen molar-refractivity contribution in [3.05, 3.63) is 70.3 Å². The maximum Gasteiger partial charge on any atom is 0.189 e. The first-order valence-corrected chi connectivity index (χ1v) is 8.51. The molecule has 3 aliphatic rings. The van der Waals surface area contributed by atoms with Crippen molar-refractivity contribution in [2.24, 2.45) is 0 Å². The van der Waals surface area contributed by atoms with Gasteiger partial charge in [-0.15, -0.1) is 0 Å². The first-order chi connectivity index (χ1) is 12.9. The largest absolute Gasteiger partial charge is 0.508 e. The van der Waals surface area contributed by atoms with Gasteiger partial charge in [-0.1, -0.05) is 18.2 Å². The molecule has 1 heterocycles. The lowest BCUT2D eigenvalue weighted by molar-refractivity contribution is -0.152. The van der Waals surface area contributed by atoms with Crippen LogP contribution >= 0.6 is 0 Å². The number of aliphatic hydroxyl groups is 3. The SMILES string of the molecule is O=C1C=CC2(OC3c4c2ccc(O)c4C(O)C(O)C3O)c2cccc(O)c21. The molecule has 5 N–H and O–H groups in total. The van der Waals surface area contributed by atoms with Crippen LogP contribution in [-0.4, -0.2) is 43.5 Å². The minimum Gasteiger partial charge on any atom is -0.508 e. The molecule has 27 heavy (non-hydrogen) atoms. The average Bonchev–Trinajstić information content (AvgIpc) is 2.98. The number of allylic oxidation sites excluding steroid dienone is 1. The summed E-state index contributed by atoms with van der Waals surface area (Å²) in [6, 6.07) is 7.60. The van der Waals surface area contributed by atoms with Crippen LogP contribution in [0.5, 0.6) is 11.5 Å². The quantitative estimate of drug-likeness (QED) is 0.468. The van der Waals surface area contributed by atoms with Crippen molar-refractivity contribution in [2.75, 3.05) is 0 Å². The average molecular weight is 368 g/mol. The number of phenolic OH excluding ortho intramolecular Hbond substituents is 2. The predicted molar refractivity (Wildman–Crippen MR) is 91.3 cm³/mol. The minimum absolute atomic E-state index is 0.0936. The number of hydrogen-bond acceptors (Lipinski definition) is 7. The molecule has 0 bridgehead atoms. The van der Waals surface area contributed by atoms with E-state index in [2.05, 4.69) is 0 Å². The third kappa shape index (κ3) is 1.86. The Kier molecular flexibility index (Phi) is 3.15. The second kappa shape index (κ2) is 5.17. The molecule has 0 amide bonds. The Balaban J connectivity index is 1.85. The van der Waals surface area contributed by atoms with Gasteiger partial charge in [-0.3, -0.25) is 4.79 Å². The Morgan fingerprint density at radius 2 is 1.67 bits per heavy atom. The molecule has 2 aliphatic carbocycles. The highest BCUT2D eigenvalue weighted by atomic mass is 16.5. The number of hydrogen-bond donors (Lipinski definition) is 5. The maximum absolute atomic E-state index is 12.3. The van der Waals surface area contributed by atoms with Gasteiger partial charge in [0.2, 0.25) is 0 Å².